The Balaban J connectivity index is 2.03. The van der Waals surface area contributed by atoms with Gasteiger partial charge in [0.2, 0.25) is 0 Å². The number of anilines is 1. The Bertz CT molecular complexity index is 808. The average Bonchev–Trinajstić information content (AvgIpc) is 2.58. The summed E-state index contributed by atoms with van der Waals surface area (Å²) in [5, 5.41) is 15.8. The van der Waals surface area contributed by atoms with Crippen LogP contribution in [-0.4, -0.2) is 60.0 Å². The van der Waals surface area contributed by atoms with E-state index in [4.69, 9.17) is 12.2 Å². The molecule has 10 heteroatoms. The van der Waals surface area contributed by atoms with Crippen molar-refractivity contribution in [2.45, 2.75) is 0 Å². The number of hydrogen-bond donors (Lipinski definition) is 2. The summed E-state index contributed by atoms with van der Waals surface area (Å²) >= 11 is 4.78. The van der Waals surface area contributed by atoms with Crippen molar-refractivity contribution in [3.8, 4) is 0 Å². The smallest absolute Gasteiger partial charge is 0.270 e. The molecule has 26 heavy (non-hydrogen) atoms. The largest absolute Gasteiger partial charge is 0.368 e. The van der Waals surface area contributed by atoms with Crippen molar-refractivity contribution in [3.63, 3.8) is 0 Å². The molecular formula is C16H17N5O4S. The maximum Gasteiger partial charge on any atom is 0.270 e. The van der Waals surface area contributed by atoms with Gasteiger partial charge in [0.15, 0.2) is 5.11 Å². The molecule has 3 rings (SSSR count). The fourth-order valence-corrected chi connectivity index (χ4v) is 3.05. The molecule has 0 aliphatic carbocycles. The van der Waals surface area contributed by atoms with Crippen LogP contribution in [0.25, 0.3) is 6.08 Å². The Morgan fingerprint density at radius 1 is 1.15 bits per heavy atom. The number of carbonyl (C=O) groups excluding carboxylic acids is 2. The van der Waals surface area contributed by atoms with Gasteiger partial charge in [0, 0.05) is 49.6 Å². The Hall–Kier alpha value is -2.85. The highest BCUT2D eigenvalue weighted by Crippen LogP contribution is 2.28. The van der Waals surface area contributed by atoms with Gasteiger partial charge in [-0.05, 0) is 31.4 Å². The third-order valence-electron chi connectivity index (χ3n) is 4.31. The number of likely N-dealkylation sites (N-methyl/N-ethyl adjacent to an activating group) is 1. The molecule has 9 nitrogen and oxygen atoms in total. The SMILES string of the molecule is CN1CCN(c2ccc([N+](=O)[O-])cc2C=C2C(=O)NC(=S)NC2=O)CC1. The van der Waals surface area contributed by atoms with Crippen LogP contribution in [-0.2, 0) is 9.59 Å². The summed E-state index contributed by atoms with van der Waals surface area (Å²) in [5.41, 5.74) is 0.929. The lowest BCUT2D eigenvalue weighted by Crippen LogP contribution is -2.51. The summed E-state index contributed by atoms with van der Waals surface area (Å²) in [7, 11) is 2.02. The third-order valence-corrected chi connectivity index (χ3v) is 4.51. The second-order valence-corrected chi connectivity index (χ2v) is 6.49. The van der Waals surface area contributed by atoms with Gasteiger partial charge in [0.1, 0.15) is 5.57 Å². The van der Waals surface area contributed by atoms with Crippen LogP contribution in [0.3, 0.4) is 0 Å². The predicted molar refractivity (Wildman–Crippen MR) is 99.7 cm³/mol. The monoisotopic (exact) mass is 375 g/mol. The van der Waals surface area contributed by atoms with E-state index in [1.54, 1.807) is 6.07 Å². The number of nitro benzene ring substituents is 1. The Labute approximate surface area is 154 Å². The fourth-order valence-electron chi connectivity index (χ4n) is 2.87. The molecule has 2 aliphatic heterocycles. The number of nitro groups is 1. The lowest BCUT2D eigenvalue weighted by atomic mass is 10.0. The first-order chi connectivity index (χ1) is 12.3. The van der Waals surface area contributed by atoms with E-state index in [0.29, 0.717) is 5.56 Å². The summed E-state index contributed by atoms with van der Waals surface area (Å²) in [5.74, 6) is -1.26. The zero-order valence-electron chi connectivity index (χ0n) is 14.0. The van der Waals surface area contributed by atoms with Gasteiger partial charge in [-0.3, -0.25) is 30.3 Å². The number of nitrogens with one attached hydrogen (secondary N) is 2. The number of benzene rings is 1. The Kier molecular flexibility index (Phi) is 4.96. The highest BCUT2D eigenvalue weighted by molar-refractivity contribution is 7.80. The minimum atomic E-state index is -0.630. The third kappa shape index (κ3) is 3.70. The van der Waals surface area contributed by atoms with Gasteiger partial charge in [-0.2, -0.15) is 0 Å². The molecule has 0 unspecified atom stereocenters. The van der Waals surface area contributed by atoms with Gasteiger partial charge in [-0.15, -0.1) is 0 Å². The van der Waals surface area contributed by atoms with Crippen LogP contribution in [0.5, 0.6) is 0 Å². The van der Waals surface area contributed by atoms with Crippen molar-refractivity contribution in [2.75, 3.05) is 38.1 Å². The Morgan fingerprint density at radius 3 is 2.35 bits per heavy atom. The van der Waals surface area contributed by atoms with Crippen LogP contribution in [0.15, 0.2) is 23.8 Å². The summed E-state index contributed by atoms with van der Waals surface area (Å²) < 4.78 is 0. The minimum absolute atomic E-state index is 0.0597. The van der Waals surface area contributed by atoms with Gasteiger partial charge in [0.25, 0.3) is 17.5 Å². The number of rotatable bonds is 3. The molecular weight excluding hydrogens is 358 g/mol. The molecule has 2 N–H and O–H groups in total. The lowest BCUT2D eigenvalue weighted by molar-refractivity contribution is -0.384. The summed E-state index contributed by atoms with van der Waals surface area (Å²) in [6.45, 7) is 3.18. The number of nitrogens with zero attached hydrogens (tertiary/aromatic N) is 3. The van der Waals surface area contributed by atoms with Crippen LogP contribution < -0.4 is 15.5 Å². The zero-order chi connectivity index (χ0) is 18.8. The summed E-state index contributed by atoms with van der Waals surface area (Å²) in [4.78, 5) is 39.1. The predicted octanol–water partition coefficient (Wildman–Crippen LogP) is 0.261. The minimum Gasteiger partial charge on any atom is -0.368 e. The van der Waals surface area contributed by atoms with Crippen LogP contribution in [0.1, 0.15) is 5.56 Å². The number of non-ortho nitro benzene ring substituents is 1. The molecule has 0 radical (unpaired) electrons. The lowest BCUT2D eigenvalue weighted by Gasteiger charge is -2.35. The number of amides is 2. The van der Waals surface area contributed by atoms with Crippen LogP contribution in [0, 0.1) is 10.1 Å². The highest BCUT2D eigenvalue weighted by Gasteiger charge is 2.27. The van der Waals surface area contributed by atoms with Crippen LogP contribution >= 0.6 is 12.2 Å². The van der Waals surface area contributed by atoms with E-state index in [1.807, 2.05) is 7.05 Å². The van der Waals surface area contributed by atoms with Gasteiger partial charge in [-0.25, -0.2) is 0 Å². The van der Waals surface area contributed by atoms with Gasteiger partial charge in [-0.1, -0.05) is 0 Å². The fraction of sp³-hybridized carbons (Fsp3) is 0.312. The second-order valence-electron chi connectivity index (χ2n) is 6.09. The molecule has 0 atom stereocenters. The van der Waals surface area contributed by atoms with Crippen molar-refractivity contribution in [3.05, 3.63) is 39.4 Å². The molecule has 1 aromatic carbocycles. The molecule has 2 heterocycles. The standard InChI is InChI=1S/C16H17N5O4S/c1-19-4-6-20(7-5-19)13-3-2-11(21(24)25)8-10(13)9-12-14(22)17-16(26)18-15(12)23/h2-3,8-9H,4-7H2,1H3,(H2,17,18,22,23,26). The van der Waals surface area contributed by atoms with Gasteiger partial charge in [0.05, 0.1) is 4.92 Å². The number of hydrogen-bond acceptors (Lipinski definition) is 7. The zero-order valence-corrected chi connectivity index (χ0v) is 14.8. The number of carbonyl (C=O) groups is 2. The van der Waals surface area contributed by atoms with Gasteiger partial charge >= 0.3 is 0 Å². The van der Waals surface area contributed by atoms with Crippen molar-refractivity contribution >= 4 is 46.6 Å². The van der Waals surface area contributed by atoms with Crippen molar-refractivity contribution in [1.29, 1.82) is 0 Å². The molecule has 0 bridgehead atoms. The van der Waals surface area contributed by atoms with E-state index >= 15 is 0 Å². The molecule has 1 aromatic rings. The first kappa shape index (κ1) is 18.0. The second kappa shape index (κ2) is 7.18. The average molecular weight is 375 g/mol. The summed E-state index contributed by atoms with van der Waals surface area (Å²) in [6, 6.07) is 4.44. The topological polar surface area (TPSA) is 108 Å². The quantitative estimate of drug-likeness (QED) is 0.256. The molecule has 2 amide bonds. The molecule has 0 aromatic heterocycles. The molecule has 2 saturated heterocycles. The van der Waals surface area contributed by atoms with E-state index in [0.717, 1.165) is 31.9 Å². The maximum absolute atomic E-state index is 12.1. The number of thiocarbonyl (C=S) groups is 1. The van der Waals surface area contributed by atoms with Crippen molar-refractivity contribution in [1.82, 2.24) is 15.5 Å². The molecule has 0 spiro atoms. The molecule has 136 valence electrons. The van der Waals surface area contributed by atoms with E-state index in [-0.39, 0.29) is 16.4 Å². The first-order valence-electron chi connectivity index (χ1n) is 7.95. The molecule has 2 aliphatic rings. The van der Waals surface area contributed by atoms with E-state index < -0.39 is 16.7 Å². The summed E-state index contributed by atoms with van der Waals surface area (Å²) in [6.07, 6.45) is 1.37. The van der Waals surface area contributed by atoms with E-state index in [2.05, 4.69) is 20.4 Å². The molecule has 0 saturated carbocycles. The van der Waals surface area contributed by atoms with Gasteiger partial charge < -0.3 is 9.80 Å². The highest BCUT2D eigenvalue weighted by atomic mass is 32.1. The van der Waals surface area contributed by atoms with Crippen molar-refractivity contribution in [2.24, 2.45) is 0 Å². The van der Waals surface area contributed by atoms with E-state index in [1.165, 1.54) is 18.2 Å². The normalized spacial score (nSPS) is 18.4. The van der Waals surface area contributed by atoms with E-state index in [9.17, 15) is 19.7 Å². The Morgan fingerprint density at radius 2 is 1.77 bits per heavy atom. The first-order valence-corrected chi connectivity index (χ1v) is 8.36. The van der Waals surface area contributed by atoms with Crippen LogP contribution in [0.4, 0.5) is 11.4 Å². The molecule has 2 fully saturated rings. The van der Waals surface area contributed by atoms with Crippen LogP contribution in [0.2, 0.25) is 0 Å². The van der Waals surface area contributed by atoms with Crippen molar-refractivity contribution < 1.29 is 14.5 Å². The number of piperazine rings is 1. The maximum atomic E-state index is 12.1.